The number of amides is 1. The minimum absolute atomic E-state index is 0.198. The van der Waals surface area contributed by atoms with Crippen LogP contribution in [0.25, 0.3) is 0 Å². The minimum Gasteiger partial charge on any atom is -0.370 e. The predicted molar refractivity (Wildman–Crippen MR) is 81.7 cm³/mol. The van der Waals surface area contributed by atoms with Crippen LogP contribution in [0.3, 0.4) is 0 Å². The second-order valence-corrected chi connectivity index (χ2v) is 5.02. The van der Waals surface area contributed by atoms with Gasteiger partial charge in [-0.3, -0.25) is 4.79 Å². The average molecular weight is 354 g/mol. The molecule has 1 heterocycles. The summed E-state index contributed by atoms with van der Waals surface area (Å²) in [5.74, 6) is 0.0817. The summed E-state index contributed by atoms with van der Waals surface area (Å²) in [6.07, 6.45) is 1.75. The van der Waals surface area contributed by atoms with Gasteiger partial charge in [0.1, 0.15) is 11.6 Å². The molecule has 1 amide bonds. The van der Waals surface area contributed by atoms with Crippen molar-refractivity contribution in [1.82, 2.24) is 9.97 Å². The van der Waals surface area contributed by atoms with Gasteiger partial charge in [0.15, 0.2) is 0 Å². The molecule has 0 bridgehead atoms. The summed E-state index contributed by atoms with van der Waals surface area (Å²) in [6, 6.07) is 5.98. The van der Waals surface area contributed by atoms with Crippen molar-refractivity contribution in [1.29, 1.82) is 0 Å². The first-order chi connectivity index (χ1) is 10.0. The molecule has 1 aromatic heterocycles. The number of primary amides is 1. The zero-order chi connectivity index (χ0) is 15.2. The van der Waals surface area contributed by atoms with Crippen LogP contribution in [-0.4, -0.2) is 22.4 Å². The summed E-state index contributed by atoms with van der Waals surface area (Å²) in [6.45, 7) is 0.365. The Morgan fingerprint density at radius 3 is 2.95 bits per heavy atom. The van der Waals surface area contributed by atoms with Gasteiger partial charge in [0, 0.05) is 24.8 Å². The maximum absolute atomic E-state index is 13.1. The molecule has 0 aliphatic rings. The summed E-state index contributed by atoms with van der Waals surface area (Å²) in [4.78, 5) is 19.0. The van der Waals surface area contributed by atoms with Gasteiger partial charge in [-0.2, -0.15) is 4.98 Å². The summed E-state index contributed by atoms with van der Waals surface area (Å²) in [5.41, 5.74) is 5.61. The molecule has 6 nitrogen and oxygen atoms in total. The number of nitrogens with two attached hydrogens (primary N) is 1. The molecule has 0 saturated carbocycles. The molecule has 0 radical (unpaired) electrons. The van der Waals surface area contributed by atoms with Crippen molar-refractivity contribution >= 4 is 39.3 Å². The van der Waals surface area contributed by atoms with Gasteiger partial charge in [-0.15, -0.1) is 0 Å². The van der Waals surface area contributed by atoms with Crippen molar-refractivity contribution in [2.75, 3.05) is 17.2 Å². The zero-order valence-corrected chi connectivity index (χ0v) is 12.5. The summed E-state index contributed by atoms with van der Waals surface area (Å²) < 4.78 is 13.8. The summed E-state index contributed by atoms with van der Waals surface area (Å²) >= 11 is 3.30. The number of halogens is 2. The second kappa shape index (κ2) is 6.98. The van der Waals surface area contributed by atoms with E-state index in [0.29, 0.717) is 28.5 Å². The summed E-state index contributed by atoms with van der Waals surface area (Å²) in [7, 11) is 0. The van der Waals surface area contributed by atoms with E-state index in [-0.39, 0.29) is 12.2 Å². The monoisotopic (exact) mass is 353 g/mol. The highest BCUT2D eigenvalue weighted by Crippen LogP contribution is 2.22. The molecule has 110 valence electrons. The van der Waals surface area contributed by atoms with Crippen molar-refractivity contribution in [3.05, 3.63) is 40.8 Å². The number of rotatable bonds is 6. The highest BCUT2D eigenvalue weighted by molar-refractivity contribution is 9.10. The Bertz CT molecular complexity index is 652. The second-order valence-electron chi connectivity index (χ2n) is 4.17. The Hall–Kier alpha value is -2.22. The average Bonchev–Trinajstić information content (AvgIpc) is 2.42. The molecule has 4 N–H and O–H groups in total. The number of carbonyl (C=O) groups is 1. The third-order valence-electron chi connectivity index (χ3n) is 2.49. The van der Waals surface area contributed by atoms with Crippen LogP contribution >= 0.6 is 15.9 Å². The number of anilines is 3. The lowest BCUT2D eigenvalue weighted by molar-refractivity contribution is -0.117. The van der Waals surface area contributed by atoms with E-state index in [9.17, 15) is 9.18 Å². The van der Waals surface area contributed by atoms with Crippen LogP contribution in [0.1, 0.15) is 6.42 Å². The predicted octanol–water partition coefficient (Wildman–Crippen LogP) is 2.41. The Labute approximate surface area is 129 Å². The SMILES string of the molecule is NC(=O)CCNc1nc(Nc2cccc(F)c2)ncc1Br. The molecular formula is C13H13BrFN5O. The maximum atomic E-state index is 13.1. The first-order valence-corrected chi connectivity index (χ1v) is 6.91. The van der Waals surface area contributed by atoms with E-state index in [1.807, 2.05) is 0 Å². The number of benzene rings is 1. The van der Waals surface area contributed by atoms with Crippen molar-refractivity contribution in [3.8, 4) is 0 Å². The first-order valence-electron chi connectivity index (χ1n) is 6.12. The van der Waals surface area contributed by atoms with Gasteiger partial charge in [0.25, 0.3) is 0 Å². The highest BCUT2D eigenvalue weighted by atomic mass is 79.9. The van der Waals surface area contributed by atoms with Crippen molar-refractivity contribution in [2.45, 2.75) is 6.42 Å². The van der Waals surface area contributed by atoms with Gasteiger partial charge in [-0.1, -0.05) is 6.07 Å². The lowest BCUT2D eigenvalue weighted by Crippen LogP contribution is -2.16. The fourth-order valence-corrected chi connectivity index (χ4v) is 1.88. The summed E-state index contributed by atoms with van der Waals surface area (Å²) in [5, 5.41) is 5.87. The van der Waals surface area contributed by atoms with E-state index in [2.05, 4.69) is 36.5 Å². The van der Waals surface area contributed by atoms with E-state index in [1.165, 1.54) is 12.1 Å². The van der Waals surface area contributed by atoms with Crippen molar-refractivity contribution in [3.63, 3.8) is 0 Å². The molecule has 21 heavy (non-hydrogen) atoms. The van der Waals surface area contributed by atoms with Gasteiger partial charge < -0.3 is 16.4 Å². The van der Waals surface area contributed by atoms with Gasteiger partial charge in [0.2, 0.25) is 11.9 Å². The lowest BCUT2D eigenvalue weighted by atomic mass is 10.3. The number of nitrogens with one attached hydrogen (secondary N) is 2. The molecule has 0 unspecified atom stereocenters. The normalized spacial score (nSPS) is 10.2. The Kier molecular flexibility index (Phi) is 5.04. The van der Waals surface area contributed by atoms with E-state index in [0.717, 1.165) is 0 Å². The molecule has 0 saturated heterocycles. The third-order valence-corrected chi connectivity index (χ3v) is 3.07. The van der Waals surface area contributed by atoms with Crippen LogP contribution in [-0.2, 0) is 4.79 Å². The van der Waals surface area contributed by atoms with E-state index >= 15 is 0 Å². The highest BCUT2D eigenvalue weighted by Gasteiger charge is 2.06. The Morgan fingerprint density at radius 2 is 2.24 bits per heavy atom. The first kappa shape index (κ1) is 15.2. The van der Waals surface area contributed by atoms with Crippen LogP contribution in [0.15, 0.2) is 34.9 Å². The lowest BCUT2D eigenvalue weighted by Gasteiger charge is -2.09. The number of hydrogen-bond acceptors (Lipinski definition) is 5. The minimum atomic E-state index is -0.397. The van der Waals surface area contributed by atoms with E-state index < -0.39 is 5.91 Å². The van der Waals surface area contributed by atoms with Gasteiger partial charge in [0.05, 0.1) is 4.47 Å². The molecular weight excluding hydrogens is 341 g/mol. The van der Waals surface area contributed by atoms with Crippen LogP contribution in [0.4, 0.5) is 21.8 Å². The van der Waals surface area contributed by atoms with E-state index in [4.69, 9.17) is 5.73 Å². The number of hydrogen-bond donors (Lipinski definition) is 3. The fraction of sp³-hybridized carbons (Fsp3) is 0.154. The molecule has 8 heteroatoms. The zero-order valence-electron chi connectivity index (χ0n) is 10.9. The standard InChI is InChI=1S/C13H13BrFN5O/c14-10-7-18-13(19-9-3-1-2-8(15)6-9)20-12(10)17-5-4-11(16)21/h1-3,6-7H,4-5H2,(H2,16,21)(H2,17,18,19,20). The quantitative estimate of drug-likeness (QED) is 0.741. The van der Waals surface area contributed by atoms with Gasteiger partial charge in [-0.05, 0) is 34.1 Å². The fourth-order valence-electron chi connectivity index (χ4n) is 1.55. The van der Waals surface area contributed by atoms with Crippen molar-refractivity contribution in [2.24, 2.45) is 5.73 Å². The van der Waals surface area contributed by atoms with Crippen LogP contribution in [0.5, 0.6) is 0 Å². The van der Waals surface area contributed by atoms with E-state index in [1.54, 1.807) is 18.3 Å². The number of aromatic nitrogens is 2. The van der Waals surface area contributed by atoms with Gasteiger partial charge >= 0.3 is 0 Å². The van der Waals surface area contributed by atoms with Crippen LogP contribution in [0.2, 0.25) is 0 Å². The largest absolute Gasteiger partial charge is 0.370 e. The number of carbonyl (C=O) groups excluding carboxylic acids is 1. The molecule has 0 atom stereocenters. The Morgan fingerprint density at radius 1 is 1.43 bits per heavy atom. The molecule has 2 rings (SSSR count). The van der Waals surface area contributed by atoms with Crippen LogP contribution in [0, 0.1) is 5.82 Å². The smallest absolute Gasteiger partial charge is 0.229 e. The van der Waals surface area contributed by atoms with Crippen molar-refractivity contribution < 1.29 is 9.18 Å². The van der Waals surface area contributed by atoms with Gasteiger partial charge in [-0.25, -0.2) is 9.37 Å². The molecule has 0 spiro atoms. The maximum Gasteiger partial charge on any atom is 0.229 e. The molecule has 1 aromatic carbocycles. The molecule has 0 fully saturated rings. The molecule has 0 aliphatic heterocycles. The molecule has 2 aromatic rings. The van der Waals surface area contributed by atoms with Crippen LogP contribution < -0.4 is 16.4 Å². The molecule has 0 aliphatic carbocycles. The topological polar surface area (TPSA) is 92.9 Å². The number of nitrogens with zero attached hydrogens (tertiary/aromatic N) is 2. The Balaban J connectivity index is 2.09. The third kappa shape index (κ3) is 4.67.